The molecule has 3 heterocycles. The van der Waals surface area contributed by atoms with Gasteiger partial charge in [-0.1, -0.05) is 30.3 Å². The second-order valence-corrected chi connectivity index (χ2v) is 6.59. The van der Waals surface area contributed by atoms with Crippen LogP contribution in [0.2, 0.25) is 0 Å². The highest BCUT2D eigenvalue weighted by atomic mass is 16.5. The van der Waals surface area contributed by atoms with E-state index in [0.717, 1.165) is 38.0 Å². The fourth-order valence-electron chi connectivity index (χ4n) is 3.97. The molecule has 1 aromatic carbocycles. The fourth-order valence-corrected chi connectivity index (χ4v) is 3.97. The van der Waals surface area contributed by atoms with Crippen molar-refractivity contribution in [3.63, 3.8) is 0 Å². The van der Waals surface area contributed by atoms with Crippen LogP contribution in [-0.2, 0) is 11.2 Å². The zero-order valence-corrected chi connectivity index (χ0v) is 14.5. The Labute approximate surface area is 148 Å². The molecule has 0 fully saturated rings. The number of hydrogen-bond donors (Lipinski definition) is 1. The Hall–Kier alpha value is -2.56. The van der Waals surface area contributed by atoms with Crippen molar-refractivity contribution < 1.29 is 9.53 Å². The van der Waals surface area contributed by atoms with Crippen LogP contribution in [0.25, 0.3) is 0 Å². The molecule has 130 valence electrons. The van der Waals surface area contributed by atoms with Crippen molar-refractivity contribution >= 4 is 17.6 Å². The molecule has 25 heavy (non-hydrogen) atoms. The van der Waals surface area contributed by atoms with Crippen LogP contribution in [-0.4, -0.2) is 30.8 Å². The number of aryl methyl sites for hydroxylation is 1. The standard InChI is InChI=1S/C20H23N3O2/c1-2-25-20(24)22-17-13-15-9-6-11-23-12-10-16(18(21-17)19(15)23)14-7-4-3-5-8-14/h3-5,7-8,13,16H,2,6,9-12H2,1H3,(H,21,22,24). The summed E-state index contributed by atoms with van der Waals surface area (Å²) in [5.41, 5.74) is 4.93. The molecule has 4 rings (SSSR count). The molecule has 2 aromatic rings. The van der Waals surface area contributed by atoms with E-state index in [1.54, 1.807) is 6.92 Å². The van der Waals surface area contributed by atoms with E-state index in [1.165, 1.54) is 16.8 Å². The predicted octanol–water partition coefficient (Wildman–Crippen LogP) is 3.94. The first kappa shape index (κ1) is 15.9. The number of pyridine rings is 1. The molecular weight excluding hydrogens is 314 g/mol. The van der Waals surface area contributed by atoms with Crippen LogP contribution in [0.5, 0.6) is 0 Å². The van der Waals surface area contributed by atoms with Gasteiger partial charge in [-0.05, 0) is 43.4 Å². The molecule has 0 saturated carbocycles. The van der Waals surface area contributed by atoms with Gasteiger partial charge in [0.05, 0.1) is 18.0 Å². The number of carbonyl (C=O) groups excluding carboxylic acids is 1. The van der Waals surface area contributed by atoms with Crippen LogP contribution in [0.15, 0.2) is 36.4 Å². The summed E-state index contributed by atoms with van der Waals surface area (Å²) < 4.78 is 5.01. The van der Waals surface area contributed by atoms with Crippen molar-refractivity contribution in [1.82, 2.24) is 4.98 Å². The maximum atomic E-state index is 11.8. The van der Waals surface area contributed by atoms with E-state index >= 15 is 0 Å². The number of aromatic nitrogens is 1. The summed E-state index contributed by atoms with van der Waals surface area (Å²) in [5.74, 6) is 0.866. The van der Waals surface area contributed by atoms with Gasteiger partial charge in [0.2, 0.25) is 0 Å². The largest absolute Gasteiger partial charge is 0.450 e. The average Bonchev–Trinajstić information content (AvgIpc) is 2.63. The lowest BCUT2D eigenvalue weighted by molar-refractivity contribution is 0.168. The first-order valence-electron chi connectivity index (χ1n) is 9.03. The SMILES string of the molecule is CCOC(=O)Nc1cc2c3c(n1)C(c1ccccc1)CCN3CCC2. The second kappa shape index (κ2) is 6.75. The lowest BCUT2D eigenvalue weighted by Crippen LogP contribution is -2.37. The maximum absolute atomic E-state index is 11.8. The average molecular weight is 337 g/mol. The van der Waals surface area contributed by atoms with Gasteiger partial charge in [-0.25, -0.2) is 9.78 Å². The smallest absolute Gasteiger partial charge is 0.412 e. The quantitative estimate of drug-likeness (QED) is 0.922. The van der Waals surface area contributed by atoms with E-state index < -0.39 is 6.09 Å². The molecule has 0 bridgehead atoms. The van der Waals surface area contributed by atoms with Gasteiger partial charge >= 0.3 is 6.09 Å². The van der Waals surface area contributed by atoms with Gasteiger partial charge < -0.3 is 9.64 Å². The van der Waals surface area contributed by atoms with Gasteiger partial charge in [-0.2, -0.15) is 0 Å². The Morgan fingerprint density at radius 1 is 1.32 bits per heavy atom. The minimum atomic E-state index is -0.443. The van der Waals surface area contributed by atoms with Gasteiger partial charge in [0, 0.05) is 19.0 Å². The van der Waals surface area contributed by atoms with Crippen molar-refractivity contribution in [2.75, 3.05) is 29.9 Å². The van der Waals surface area contributed by atoms with E-state index in [2.05, 4.69) is 34.5 Å². The molecule has 5 nitrogen and oxygen atoms in total. The van der Waals surface area contributed by atoms with Gasteiger partial charge in [0.15, 0.2) is 0 Å². The van der Waals surface area contributed by atoms with Crippen molar-refractivity contribution in [2.24, 2.45) is 0 Å². The third kappa shape index (κ3) is 3.06. The number of carbonyl (C=O) groups is 1. The van der Waals surface area contributed by atoms with Crippen molar-refractivity contribution in [2.45, 2.75) is 32.1 Å². The summed E-state index contributed by atoms with van der Waals surface area (Å²) in [6, 6.07) is 12.5. The number of nitrogens with one attached hydrogen (secondary N) is 1. The van der Waals surface area contributed by atoms with E-state index in [4.69, 9.17) is 9.72 Å². The monoisotopic (exact) mass is 337 g/mol. The fraction of sp³-hybridized carbons (Fsp3) is 0.400. The second-order valence-electron chi connectivity index (χ2n) is 6.59. The summed E-state index contributed by atoms with van der Waals surface area (Å²) in [5, 5.41) is 2.79. The van der Waals surface area contributed by atoms with Gasteiger partial charge in [-0.15, -0.1) is 0 Å². The Kier molecular flexibility index (Phi) is 4.30. The number of benzene rings is 1. The number of anilines is 2. The van der Waals surface area contributed by atoms with Crippen LogP contribution >= 0.6 is 0 Å². The Morgan fingerprint density at radius 3 is 2.96 bits per heavy atom. The van der Waals surface area contributed by atoms with Crippen LogP contribution in [0.4, 0.5) is 16.3 Å². The van der Waals surface area contributed by atoms with Gasteiger partial charge in [0.1, 0.15) is 5.82 Å². The molecule has 0 aliphatic carbocycles. The summed E-state index contributed by atoms with van der Waals surface area (Å²) in [6.45, 7) is 4.30. The summed E-state index contributed by atoms with van der Waals surface area (Å²) in [7, 11) is 0. The molecule has 2 aliphatic rings. The van der Waals surface area contributed by atoms with Crippen molar-refractivity contribution in [3.8, 4) is 0 Å². The number of hydrogen-bond acceptors (Lipinski definition) is 4. The molecule has 5 heteroatoms. The normalized spacial score (nSPS) is 18.4. The predicted molar refractivity (Wildman–Crippen MR) is 98.3 cm³/mol. The highest BCUT2D eigenvalue weighted by Crippen LogP contribution is 2.43. The van der Waals surface area contributed by atoms with Gasteiger partial charge in [0.25, 0.3) is 0 Å². The van der Waals surface area contributed by atoms with E-state index in [9.17, 15) is 4.79 Å². The van der Waals surface area contributed by atoms with Crippen LogP contribution < -0.4 is 10.2 Å². The Balaban J connectivity index is 1.76. The topological polar surface area (TPSA) is 54.5 Å². The maximum Gasteiger partial charge on any atom is 0.412 e. The zero-order chi connectivity index (χ0) is 17.2. The molecule has 1 atom stereocenters. The highest BCUT2D eigenvalue weighted by molar-refractivity contribution is 5.84. The minimum absolute atomic E-state index is 0.272. The molecule has 0 spiro atoms. The zero-order valence-electron chi connectivity index (χ0n) is 14.5. The Bertz CT molecular complexity index is 776. The molecule has 0 saturated heterocycles. The molecule has 2 aliphatic heterocycles. The first-order chi connectivity index (χ1) is 12.3. The number of ether oxygens (including phenoxy) is 1. The molecule has 1 amide bonds. The lowest BCUT2D eigenvalue weighted by Gasteiger charge is -2.39. The molecule has 1 N–H and O–H groups in total. The molecular formula is C20H23N3O2. The molecule has 1 aromatic heterocycles. The van der Waals surface area contributed by atoms with Crippen LogP contribution in [0.1, 0.15) is 42.5 Å². The van der Waals surface area contributed by atoms with Crippen molar-refractivity contribution in [1.29, 1.82) is 0 Å². The third-order valence-electron chi connectivity index (χ3n) is 5.01. The minimum Gasteiger partial charge on any atom is -0.450 e. The van der Waals surface area contributed by atoms with Crippen molar-refractivity contribution in [3.05, 3.63) is 53.2 Å². The highest BCUT2D eigenvalue weighted by Gasteiger charge is 2.32. The lowest BCUT2D eigenvalue weighted by atomic mass is 9.84. The third-order valence-corrected chi connectivity index (χ3v) is 5.01. The Morgan fingerprint density at radius 2 is 2.16 bits per heavy atom. The summed E-state index contributed by atoms with van der Waals surface area (Å²) >= 11 is 0. The number of amides is 1. The van der Waals surface area contributed by atoms with E-state index in [0.29, 0.717) is 12.4 Å². The van der Waals surface area contributed by atoms with Gasteiger partial charge in [-0.3, -0.25) is 5.32 Å². The summed E-state index contributed by atoms with van der Waals surface area (Å²) in [4.78, 5) is 19.1. The molecule has 0 radical (unpaired) electrons. The summed E-state index contributed by atoms with van der Waals surface area (Å²) in [6.07, 6.45) is 2.78. The van der Waals surface area contributed by atoms with E-state index in [-0.39, 0.29) is 5.92 Å². The van der Waals surface area contributed by atoms with Crippen LogP contribution in [0.3, 0.4) is 0 Å². The van der Waals surface area contributed by atoms with Crippen LogP contribution in [0, 0.1) is 0 Å². The molecule has 1 unspecified atom stereocenters. The first-order valence-corrected chi connectivity index (χ1v) is 9.03. The number of nitrogens with zero attached hydrogens (tertiary/aromatic N) is 2. The van der Waals surface area contributed by atoms with E-state index in [1.807, 2.05) is 12.1 Å². The number of rotatable bonds is 3.